The van der Waals surface area contributed by atoms with Crippen LogP contribution in [-0.2, 0) is 47.7 Å². The second kappa shape index (κ2) is 15.7. The van der Waals surface area contributed by atoms with Gasteiger partial charge < -0.3 is 18.9 Å². The number of ketones is 4. The number of Topliss-reactive ketones (excluding diaryl/α,β-unsaturated/α-hetero) is 4. The van der Waals surface area contributed by atoms with Crippen molar-refractivity contribution < 1.29 is 57.3 Å². The number of hydrogen-bond donors (Lipinski definition) is 0. The van der Waals surface area contributed by atoms with Crippen molar-refractivity contribution in [2.75, 3.05) is 26.3 Å². The Balaban J connectivity index is 1.26. The van der Waals surface area contributed by atoms with E-state index in [1.807, 2.05) is 0 Å². The third kappa shape index (κ3) is 9.66. The number of allylic oxidation sites excluding steroid dienone is 4. The Morgan fingerprint density at radius 2 is 1.20 bits per heavy atom. The van der Waals surface area contributed by atoms with Gasteiger partial charge in [-0.05, 0) is 98.5 Å². The van der Waals surface area contributed by atoms with Gasteiger partial charge in [-0.1, -0.05) is 12.2 Å². The molecule has 14 nitrogen and oxygen atoms in total. The highest BCUT2D eigenvalue weighted by atomic mass is 16.6. The molecule has 0 radical (unpaired) electrons. The van der Waals surface area contributed by atoms with Crippen molar-refractivity contribution in [2.45, 2.75) is 116 Å². The third-order valence-corrected chi connectivity index (χ3v) is 8.96. The van der Waals surface area contributed by atoms with Crippen LogP contribution in [-0.4, -0.2) is 107 Å². The third-order valence-electron chi connectivity index (χ3n) is 8.96. The number of hydrogen-bond acceptors (Lipinski definition) is 12. The molecule has 0 aromatic heterocycles. The van der Waals surface area contributed by atoms with Crippen LogP contribution in [0.15, 0.2) is 23.3 Å². The monoisotopic (exact) mass is 700 g/mol. The highest BCUT2D eigenvalue weighted by Crippen LogP contribution is 2.32. The van der Waals surface area contributed by atoms with Crippen LogP contribution in [0.5, 0.6) is 0 Å². The lowest BCUT2D eigenvalue weighted by molar-refractivity contribution is -0.154. The van der Waals surface area contributed by atoms with Gasteiger partial charge in [0, 0.05) is 24.6 Å². The summed E-state index contributed by atoms with van der Waals surface area (Å²) in [5, 5.41) is 0. The van der Waals surface area contributed by atoms with Gasteiger partial charge in [0.25, 0.3) is 0 Å². The Labute approximate surface area is 291 Å². The van der Waals surface area contributed by atoms with Crippen molar-refractivity contribution in [3.63, 3.8) is 0 Å². The second-order valence-corrected chi connectivity index (χ2v) is 15.1. The minimum absolute atomic E-state index is 0.0703. The van der Waals surface area contributed by atoms with Crippen LogP contribution in [0, 0.1) is 11.8 Å². The zero-order chi connectivity index (χ0) is 37.0. The molecule has 2 amide bonds. The number of ether oxygens (including phenoxy) is 4. The largest absolute Gasteiger partial charge is 0.456 e. The predicted octanol–water partition coefficient (Wildman–Crippen LogP) is 3.82. The summed E-state index contributed by atoms with van der Waals surface area (Å²) in [6.07, 6.45) is 4.80. The fourth-order valence-corrected chi connectivity index (χ4v) is 6.48. The van der Waals surface area contributed by atoms with Crippen LogP contribution in [0.4, 0.5) is 9.59 Å². The summed E-state index contributed by atoms with van der Waals surface area (Å²) in [7, 11) is 0. The Morgan fingerprint density at radius 1 is 0.700 bits per heavy atom. The van der Waals surface area contributed by atoms with Crippen LogP contribution in [0.3, 0.4) is 0 Å². The standard InChI is InChI=1S/C36H48N2O12/c1-35(2,3)49-33(45)37-17-7-9-25(37)31(43)47-19-27(39)22-13-11-21(12-14-22)23-15-16-24(30(42)29(23)41)28(40)20-48-32(44)26-10-8-18-38(26)34(46)50-36(4,5)6/h11,13,22,24-26H,7-10,12,14-20H2,1-6H3/b23-21-. The summed E-state index contributed by atoms with van der Waals surface area (Å²) >= 11 is 0. The number of likely N-dealkylation sites (tertiary alicyclic amines) is 2. The van der Waals surface area contributed by atoms with Crippen molar-refractivity contribution in [3.8, 4) is 0 Å². The maximum atomic E-state index is 13.1. The smallest absolute Gasteiger partial charge is 0.411 e. The Bertz CT molecular complexity index is 1480. The Morgan fingerprint density at radius 3 is 1.66 bits per heavy atom. The van der Waals surface area contributed by atoms with Crippen molar-refractivity contribution >= 4 is 47.3 Å². The van der Waals surface area contributed by atoms with Gasteiger partial charge in [-0.25, -0.2) is 19.2 Å². The maximum Gasteiger partial charge on any atom is 0.411 e. The lowest BCUT2D eigenvalue weighted by atomic mass is 9.77. The molecule has 3 fully saturated rings. The van der Waals surface area contributed by atoms with E-state index >= 15 is 0 Å². The molecule has 2 aliphatic heterocycles. The summed E-state index contributed by atoms with van der Waals surface area (Å²) in [4.78, 5) is 105. The van der Waals surface area contributed by atoms with Gasteiger partial charge in [0.15, 0.2) is 24.8 Å². The molecular formula is C36H48N2O12. The predicted molar refractivity (Wildman–Crippen MR) is 175 cm³/mol. The van der Waals surface area contributed by atoms with Gasteiger partial charge in [0.2, 0.25) is 11.6 Å². The van der Waals surface area contributed by atoms with E-state index in [1.54, 1.807) is 53.7 Å². The molecule has 2 aliphatic carbocycles. The zero-order valence-electron chi connectivity index (χ0n) is 29.7. The molecule has 1 saturated carbocycles. The molecule has 4 rings (SSSR count). The first-order valence-electron chi connectivity index (χ1n) is 17.2. The minimum Gasteiger partial charge on any atom is -0.456 e. The van der Waals surface area contributed by atoms with Crippen molar-refractivity contribution in [1.82, 2.24) is 9.80 Å². The van der Waals surface area contributed by atoms with E-state index in [0.717, 1.165) is 0 Å². The van der Waals surface area contributed by atoms with Crippen LogP contribution in [0.1, 0.15) is 92.9 Å². The van der Waals surface area contributed by atoms with E-state index < -0.39 is 89.8 Å². The average molecular weight is 701 g/mol. The summed E-state index contributed by atoms with van der Waals surface area (Å²) in [5.74, 6) is -5.93. The van der Waals surface area contributed by atoms with E-state index in [4.69, 9.17) is 18.9 Å². The van der Waals surface area contributed by atoms with Gasteiger partial charge in [-0.3, -0.25) is 29.0 Å². The molecule has 0 spiro atoms. The van der Waals surface area contributed by atoms with Gasteiger partial charge >= 0.3 is 24.1 Å². The molecule has 4 aliphatic rings. The van der Waals surface area contributed by atoms with Crippen molar-refractivity contribution in [2.24, 2.45) is 11.8 Å². The fraction of sp³-hybridized carbons (Fsp3) is 0.667. The first-order chi connectivity index (χ1) is 23.4. The van der Waals surface area contributed by atoms with E-state index in [0.29, 0.717) is 57.2 Å². The molecule has 0 bridgehead atoms. The number of rotatable bonds is 8. The van der Waals surface area contributed by atoms with Crippen LogP contribution in [0.25, 0.3) is 0 Å². The van der Waals surface area contributed by atoms with Gasteiger partial charge in [0.1, 0.15) is 23.3 Å². The van der Waals surface area contributed by atoms with E-state index in [9.17, 15) is 38.4 Å². The van der Waals surface area contributed by atoms with Crippen molar-refractivity contribution in [3.05, 3.63) is 23.3 Å². The molecule has 14 heteroatoms. The van der Waals surface area contributed by atoms with Crippen molar-refractivity contribution in [1.29, 1.82) is 0 Å². The normalized spacial score (nSPS) is 25.7. The van der Waals surface area contributed by atoms with Crippen LogP contribution in [0.2, 0.25) is 0 Å². The Hall–Kier alpha value is -4.36. The average Bonchev–Trinajstić information content (AvgIpc) is 3.73. The lowest BCUT2D eigenvalue weighted by Crippen LogP contribution is -2.45. The van der Waals surface area contributed by atoms with Crippen LogP contribution < -0.4 is 0 Å². The number of carbonyl (C=O) groups is 8. The number of nitrogens with zero attached hydrogens (tertiary/aromatic N) is 2. The van der Waals surface area contributed by atoms with E-state index in [-0.39, 0.29) is 24.2 Å². The van der Waals surface area contributed by atoms with Gasteiger partial charge in [-0.15, -0.1) is 0 Å². The summed E-state index contributed by atoms with van der Waals surface area (Å²) in [5.41, 5.74) is -0.586. The molecule has 0 aromatic rings. The van der Waals surface area contributed by atoms with Crippen LogP contribution >= 0.6 is 0 Å². The topological polar surface area (TPSA) is 180 Å². The van der Waals surface area contributed by atoms with Gasteiger partial charge in [-0.2, -0.15) is 0 Å². The number of esters is 2. The SMILES string of the molecule is CC(C)(C)OC(=O)N1CCCC1C(=O)OCC(=O)C1C=C/C(=C2\CCC(C(=O)COC(=O)C3CCCN3C(=O)OC(C)(C)C)C(=O)C2=O)CC1. The Kier molecular flexibility index (Phi) is 12.1. The lowest BCUT2D eigenvalue weighted by Gasteiger charge is -2.28. The second-order valence-electron chi connectivity index (χ2n) is 15.1. The number of amides is 2. The molecular weight excluding hydrogens is 652 g/mol. The first-order valence-corrected chi connectivity index (χ1v) is 17.2. The molecule has 0 aromatic carbocycles. The van der Waals surface area contributed by atoms with E-state index in [1.165, 1.54) is 9.80 Å². The van der Waals surface area contributed by atoms with E-state index in [2.05, 4.69) is 0 Å². The maximum absolute atomic E-state index is 13.1. The molecule has 4 atom stereocenters. The van der Waals surface area contributed by atoms with Gasteiger partial charge in [0.05, 0.1) is 5.92 Å². The summed E-state index contributed by atoms with van der Waals surface area (Å²) < 4.78 is 21.2. The fourth-order valence-electron chi connectivity index (χ4n) is 6.48. The summed E-state index contributed by atoms with van der Waals surface area (Å²) in [6.45, 7) is 9.83. The number of carbonyl (C=O) groups excluding carboxylic acids is 8. The highest BCUT2D eigenvalue weighted by Gasteiger charge is 2.42. The molecule has 2 heterocycles. The summed E-state index contributed by atoms with van der Waals surface area (Å²) in [6, 6.07) is -1.73. The molecule has 2 saturated heterocycles. The molecule has 0 N–H and O–H groups in total. The molecule has 274 valence electrons. The molecule has 50 heavy (non-hydrogen) atoms. The zero-order valence-corrected chi connectivity index (χ0v) is 29.7. The highest BCUT2D eigenvalue weighted by molar-refractivity contribution is 6.48. The molecule has 4 unspecified atom stereocenters. The minimum atomic E-state index is -1.24. The quantitative estimate of drug-likeness (QED) is 0.118. The first kappa shape index (κ1) is 38.4.